The molecule has 3 aliphatic heterocycles. The maximum absolute atomic E-state index is 9.85. The van der Waals surface area contributed by atoms with Gasteiger partial charge in [-0.25, -0.2) is 0 Å². The van der Waals surface area contributed by atoms with Crippen molar-refractivity contribution in [2.75, 3.05) is 26.2 Å². The number of piperidine rings is 2. The highest BCUT2D eigenvalue weighted by atomic mass is 35.5. The van der Waals surface area contributed by atoms with Gasteiger partial charge in [0.1, 0.15) is 11.9 Å². The number of phenols is 1. The molecule has 3 saturated heterocycles. The van der Waals surface area contributed by atoms with Crippen LogP contribution in [-0.4, -0.2) is 54.4 Å². The van der Waals surface area contributed by atoms with E-state index in [2.05, 4.69) is 54.4 Å². The molecule has 1 saturated carbocycles. The van der Waals surface area contributed by atoms with Crippen LogP contribution < -0.4 is 5.32 Å². The van der Waals surface area contributed by atoms with Crippen molar-refractivity contribution in [1.82, 2.24) is 10.2 Å². The molecule has 8 rings (SSSR count). The quantitative estimate of drug-likeness (QED) is 0.318. The molecule has 5 aliphatic rings. The van der Waals surface area contributed by atoms with Gasteiger partial charge in [-0.1, -0.05) is 87.0 Å². The minimum atomic E-state index is -0.785. The molecule has 44 heavy (non-hydrogen) atoms. The van der Waals surface area contributed by atoms with Crippen LogP contribution in [0.15, 0.2) is 78.9 Å². The Hall–Kier alpha value is -2.41. The average molecular weight is 617 g/mol. The first-order chi connectivity index (χ1) is 21.0. The van der Waals surface area contributed by atoms with Gasteiger partial charge in [0.05, 0.1) is 6.61 Å². The predicted molar refractivity (Wildman–Crippen MR) is 178 cm³/mol. The van der Waals surface area contributed by atoms with E-state index in [0.29, 0.717) is 30.4 Å². The highest BCUT2D eigenvalue weighted by Gasteiger charge is 2.49. The topological polar surface area (TPSA) is 54.0 Å². The second-order valence-corrected chi connectivity index (χ2v) is 13.9. The Labute approximate surface area is 269 Å². The SMILES string of the molecule is CC1C2Cc3ccc(O)cc3C1(C)CCN2CC1CC1.Cl.c1ccc(C2(c3ccccc3)OC[C@H]([C@@H]3CCCCN3)O2)cc1. The fourth-order valence-corrected chi connectivity index (χ4v) is 8.21. The summed E-state index contributed by atoms with van der Waals surface area (Å²) in [5.41, 5.74) is 5.24. The van der Waals surface area contributed by atoms with Gasteiger partial charge in [-0.2, -0.15) is 0 Å². The summed E-state index contributed by atoms with van der Waals surface area (Å²) >= 11 is 0. The van der Waals surface area contributed by atoms with E-state index < -0.39 is 5.79 Å². The zero-order valence-electron chi connectivity index (χ0n) is 26.3. The minimum Gasteiger partial charge on any atom is -0.508 e. The summed E-state index contributed by atoms with van der Waals surface area (Å²) in [6, 6.07) is 27.7. The van der Waals surface area contributed by atoms with E-state index >= 15 is 0 Å². The zero-order chi connectivity index (χ0) is 29.4. The summed E-state index contributed by atoms with van der Waals surface area (Å²) in [5.74, 6) is 1.31. The number of rotatable bonds is 5. The van der Waals surface area contributed by atoms with Crippen molar-refractivity contribution in [2.45, 2.75) is 88.2 Å². The van der Waals surface area contributed by atoms with Crippen LogP contribution in [0.1, 0.15) is 74.6 Å². The zero-order valence-corrected chi connectivity index (χ0v) is 27.1. The van der Waals surface area contributed by atoms with E-state index in [9.17, 15) is 5.11 Å². The second-order valence-electron chi connectivity index (χ2n) is 13.9. The molecule has 236 valence electrons. The number of hydrogen-bond donors (Lipinski definition) is 2. The van der Waals surface area contributed by atoms with Gasteiger partial charge in [-0.05, 0) is 92.1 Å². The van der Waals surface area contributed by atoms with Crippen LogP contribution in [0.3, 0.4) is 0 Å². The summed E-state index contributed by atoms with van der Waals surface area (Å²) in [4.78, 5) is 2.76. The van der Waals surface area contributed by atoms with E-state index in [0.717, 1.165) is 30.0 Å². The Morgan fingerprint density at radius 2 is 1.64 bits per heavy atom. The third-order valence-electron chi connectivity index (χ3n) is 11.2. The van der Waals surface area contributed by atoms with Crippen molar-refractivity contribution in [3.63, 3.8) is 0 Å². The summed E-state index contributed by atoms with van der Waals surface area (Å²) < 4.78 is 12.9. The first kappa shape index (κ1) is 31.6. The number of halogens is 1. The maximum atomic E-state index is 9.85. The van der Waals surface area contributed by atoms with E-state index in [4.69, 9.17) is 9.47 Å². The van der Waals surface area contributed by atoms with Crippen LogP contribution in [-0.2, 0) is 27.1 Å². The summed E-state index contributed by atoms with van der Waals surface area (Å²) in [6.07, 6.45) is 9.06. The van der Waals surface area contributed by atoms with Crippen LogP contribution in [0.2, 0.25) is 0 Å². The lowest BCUT2D eigenvalue weighted by atomic mass is 9.59. The van der Waals surface area contributed by atoms with Crippen molar-refractivity contribution >= 4 is 12.4 Å². The molecule has 2 aliphatic carbocycles. The van der Waals surface area contributed by atoms with E-state index in [1.165, 1.54) is 62.7 Å². The summed E-state index contributed by atoms with van der Waals surface area (Å²) in [7, 11) is 0. The highest BCUT2D eigenvalue weighted by molar-refractivity contribution is 5.85. The van der Waals surface area contributed by atoms with Crippen molar-refractivity contribution in [1.29, 1.82) is 0 Å². The molecule has 5 nitrogen and oxygen atoms in total. The fourth-order valence-electron chi connectivity index (χ4n) is 8.21. The van der Waals surface area contributed by atoms with E-state index in [1.807, 2.05) is 48.5 Å². The van der Waals surface area contributed by atoms with Crippen molar-refractivity contribution in [3.05, 3.63) is 101 Å². The van der Waals surface area contributed by atoms with Gasteiger partial charge >= 0.3 is 0 Å². The van der Waals surface area contributed by atoms with Crippen molar-refractivity contribution in [3.8, 4) is 5.75 Å². The van der Waals surface area contributed by atoms with Gasteiger partial charge in [-0.3, -0.25) is 4.90 Å². The number of nitrogens with zero attached hydrogens (tertiary/aromatic N) is 1. The third kappa shape index (κ3) is 6.07. The third-order valence-corrected chi connectivity index (χ3v) is 11.2. The Kier molecular flexibility index (Phi) is 9.43. The molecular formula is C38H49ClN2O3. The van der Waals surface area contributed by atoms with Gasteiger partial charge < -0.3 is 19.9 Å². The molecule has 3 aromatic rings. The molecule has 3 heterocycles. The molecule has 3 unspecified atom stereocenters. The standard InChI is InChI=1S/C20H23NO2.C18H25NO.ClH/c1-3-9-16(10-4-1)20(17-11-5-2-6-12-17)22-15-19(23-20)18-13-7-8-14-21-18;1-12-17-9-14-5-6-15(20)10-16(14)18(12,2)7-8-19(17)11-13-3-4-13;/h1-6,9-12,18-19,21H,7-8,13-15H2;5-6,10,12-13,17,20H,3-4,7-9,11H2,1-2H3;1H/t18-,19+;;/m0../s1. The largest absolute Gasteiger partial charge is 0.508 e. The van der Waals surface area contributed by atoms with Crippen LogP contribution >= 0.6 is 12.4 Å². The van der Waals surface area contributed by atoms with Crippen LogP contribution in [0, 0.1) is 11.8 Å². The molecule has 2 bridgehead atoms. The first-order valence-corrected chi connectivity index (χ1v) is 16.7. The summed E-state index contributed by atoms with van der Waals surface area (Å²) in [5, 5.41) is 13.5. The van der Waals surface area contributed by atoms with Crippen LogP contribution in [0.5, 0.6) is 5.75 Å². The normalized spacial score (nSPS) is 30.8. The van der Waals surface area contributed by atoms with Crippen molar-refractivity contribution < 1.29 is 14.6 Å². The monoisotopic (exact) mass is 616 g/mol. The van der Waals surface area contributed by atoms with Gasteiger partial charge in [0.25, 0.3) is 0 Å². The fraction of sp³-hybridized carbons (Fsp3) is 0.526. The molecule has 0 spiro atoms. The van der Waals surface area contributed by atoms with Gasteiger partial charge in [0.2, 0.25) is 5.79 Å². The number of fused-ring (bicyclic) bond motifs is 4. The number of aromatic hydroxyl groups is 1. The predicted octanol–water partition coefficient (Wildman–Crippen LogP) is 7.19. The lowest BCUT2D eigenvalue weighted by molar-refractivity contribution is -0.146. The van der Waals surface area contributed by atoms with Crippen LogP contribution in [0.25, 0.3) is 0 Å². The van der Waals surface area contributed by atoms with Gasteiger partial charge in [0, 0.05) is 29.8 Å². The first-order valence-electron chi connectivity index (χ1n) is 16.7. The minimum absolute atomic E-state index is 0. The van der Waals surface area contributed by atoms with Crippen LogP contribution in [0.4, 0.5) is 0 Å². The number of likely N-dealkylation sites (tertiary alicyclic amines) is 1. The molecule has 4 fully saturated rings. The highest BCUT2D eigenvalue weighted by Crippen LogP contribution is 2.50. The summed E-state index contributed by atoms with van der Waals surface area (Å²) in [6.45, 7) is 9.10. The van der Waals surface area contributed by atoms with Gasteiger partial charge in [0.15, 0.2) is 0 Å². The Morgan fingerprint density at radius 3 is 2.27 bits per heavy atom. The molecule has 0 radical (unpaired) electrons. The Bertz CT molecular complexity index is 1340. The molecule has 6 heteroatoms. The maximum Gasteiger partial charge on any atom is 0.222 e. The average Bonchev–Trinajstić information content (AvgIpc) is 3.76. The number of ether oxygens (including phenoxy) is 2. The number of nitrogens with one attached hydrogen (secondary N) is 1. The Balaban J connectivity index is 0.000000154. The smallest absolute Gasteiger partial charge is 0.222 e. The molecule has 0 aromatic heterocycles. The molecular weight excluding hydrogens is 568 g/mol. The number of benzene rings is 3. The molecule has 0 amide bonds. The van der Waals surface area contributed by atoms with Crippen molar-refractivity contribution in [2.24, 2.45) is 11.8 Å². The lowest BCUT2D eigenvalue weighted by Gasteiger charge is -2.54. The van der Waals surface area contributed by atoms with E-state index in [-0.39, 0.29) is 23.9 Å². The lowest BCUT2D eigenvalue weighted by Crippen LogP contribution is -2.58. The second kappa shape index (κ2) is 13.1. The molecule has 2 N–H and O–H groups in total. The number of hydrogen-bond acceptors (Lipinski definition) is 5. The van der Waals surface area contributed by atoms with Gasteiger partial charge in [-0.15, -0.1) is 12.4 Å². The number of phenolic OH excluding ortho intramolecular Hbond substituents is 1. The molecule has 3 aromatic carbocycles. The van der Waals surface area contributed by atoms with E-state index in [1.54, 1.807) is 0 Å². The Morgan fingerprint density at radius 1 is 0.932 bits per heavy atom. The molecule has 5 atom stereocenters.